The molecule has 0 amide bonds. The van der Waals surface area contributed by atoms with Crippen molar-refractivity contribution in [1.29, 1.82) is 0 Å². The van der Waals surface area contributed by atoms with Crippen molar-refractivity contribution < 1.29 is 17.6 Å². The number of H-pyrrole nitrogens is 1. The molecule has 0 saturated heterocycles. The van der Waals surface area contributed by atoms with E-state index >= 15 is 0 Å². The molecule has 0 aliphatic rings. The van der Waals surface area contributed by atoms with E-state index in [1.54, 1.807) is 6.92 Å². The molecular weight excluding hydrogens is 388 g/mol. The fourth-order valence-corrected chi connectivity index (χ4v) is 3.59. The molecule has 2 aromatic heterocycles. The summed E-state index contributed by atoms with van der Waals surface area (Å²) in [4.78, 5) is 19.5. The molecule has 0 saturated carbocycles. The highest BCUT2D eigenvalue weighted by Crippen LogP contribution is 2.40. The van der Waals surface area contributed by atoms with Gasteiger partial charge in [-0.15, -0.1) is 0 Å². The third kappa shape index (κ3) is 3.77. The molecule has 0 fully saturated rings. The summed E-state index contributed by atoms with van der Waals surface area (Å²) in [5, 5.41) is 4.88. The van der Waals surface area contributed by atoms with Crippen molar-refractivity contribution in [3.8, 4) is 0 Å². The fourth-order valence-electron chi connectivity index (χ4n) is 3.59. The summed E-state index contributed by atoms with van der Waals surface area (Å²) in [6.45, 7) is 9.08. The van der Waals surface area contributed by atoms with E-state index in [4.69, 9.17) is 0 Å². The van der Waals surface area contributed by atoms with Crippen LogP contribution in [-0.2, 0) is 12.6 Å². The van der Waals surface area contributed by atoms with Crippen LogP contribution in [0.2, 0.25) is 0 Å². The monoisotopic (exact) mass is 410 g/mol. The van der Waals surface area contributed by atoms with E-state index in [2.05, 4.69) is 15.1 Å². The first-order valence-corrected chi connectivity index (χ1v) is 9.19. The minimum absolute atomic E-state index is 0.315. The summed E-state index contributed by atoms with van der Waals surface area (Å²) in [5.41, 5.74) is -1.05. The SMILES string of the molecule is CCc1nn(C(c2ccc(C(F)(F)F)c(F)c2)C(C)(C)C)c2nc(C)[nH]c(=O)c12. The first-order valence-electron chi connectivity index (χ1n) is 9.19. The van der Waals surface area contributed by atoms with Gasteiger partial charge < -0.3 is 4.98 Å². The number of aromatic amines is 1. The zero-order valence-electron chi connectivity index (χ0n) is 16.8. The molecule has 156 valence electrons. The number of halogens is 4. The van der Waals surface area contributed by atoms with Gasteiger partial charge in [0.2, 0.25) is 0 Å². The molecule has 0 bridgehead atoms. The Labute approximate surface area is 164 Å². The number of benzene rings is 1. The normalized spacial score (nSPS) is 13.8. The van der Waals surface area contributed by atoms with Crippen LogP contribution >= 0.6 is 0 Å². The largest absolute Gasteiger partial charge is 0.419 e. The molecule has 1 unspecified atom stereocenters. The summed E-state index contributed by atoms with van der Waals surface area (Å²) in [7, 11) is 0. The Morgan fingerprint density at radius 1 is 1.21 bits per heavy atom. The maximum atomic E-state index is 14.3. The van der Waals surface area contributed by atoms with Crippen LogP contribution in [0.25, 0.3) is 11.0 Å². The van der Waals surface area contributed by atoms with Gasteiger partial charge in [-0.05, 0) is 36.5 Å². The van der Waals surface area contributed by atoms with Crippen LogP contribution in [0.3, 0.4) is 0 Å². The second-order valence-corrected chi connectivity index (χ2v) is 8.10. The van der Waals surface area contributed by atoms with E-state index in [0.29, 0.717) is 34.5 Å². The zero-order chi connectivity index (χ0) is 21.7. The summed E-state index contributed by atoms with van der Waals surface area (Å²) in [5.74, 6) is -0.962. The van der Waals surface area contributed by atoms with Crippen LogP contribution in [-0.4, -0.2) is 19.7 Å². The molecule has 0 aliphatic heterocycles. The maximum absolute atomic E-state index is 14.3. The molecule has 3 aromatic rings. The van der Waals surface area contributed by atoms with Crippen molar-refractivity contribution in [1.82, 2.24) is 19.7 Å². The molecule has 0 radical (unpaired) electrons. The number of nitrogens with zero attached hydrogens (tertiary/aromatic N) is 3. The van der Waals surface area contributed by atoms with Gasteiger partial charge >= 0.3 is 6.18 Å². The highest BCUT2D eigenvalue weighted by Gasteiger charge is 2.36. The van der Waals surface area contributed by atoms with Gasteiger partial charge in [-0.25, -0.2) is 14.1 Å². The Morgan fingerprint density at radius 3 is 2.38 bits per heavy atom. The van der Waals surface area contributed by atoms with E-state index in [1.807, 2.05) is 27.7 Å². The Kier molecular flexibility index (Phi) is 5.04. The summed E-state index contributed by atoms with van der Waals surface area (Å²) in [6.07, 6.45) is -4.31. The molecule has 0 aliphatic carbocycles. The second kappa shape index (κ2) is 6.96. The second-order valence-electron chi connectivity index (χ2n) is 8.10. The van der Waals surface area contributed by atoms with Crippen LogP contribution < -0.4 is 5.56 Å². The van der Waals surface area contributed by atoms with Gasteiger partial charge in [0.25, 0.3) is 5.56 Å². The van der Waals surface area contributed by atoms with Gasteiger partial charge in [0.15, 0.2) is 5.65 Å². The molecule has 1 aromatic carbocycles. The topological polar surface area (TPSA) is 63.6 Å². The third-order valence-electron chi connectivity index (χ3n) is 4.77. The number of alkyl halides is 3. The van der Waals surface area contributed by atoms with Gasteiger partial charge in [0, 0.05) is 0 Å². The minimum Gasteiger partial charge on any atom is -0.310 e. The lowest BCUT2D eigenvalue weighted by Gasteiger charge is -2.32. The van der Waals surface area contributed by atoms with E-state index in [1.165, 1.54) is 10.7 Å². The molecule has 1 N–H and O–H groups in total. The summed E-state index contributed by atoms with van der Waals surface area (Å²) < 4.78 is 54.8. The lowest BCUT2D eigenvalue weighted by Crippen LogP contribution is -2.27. The molecule has 29 heavy (non-hydrogen) atoms. The van der Waals surface area contributed by atoms with Crippen molar-refractivity contribution in [2.45, 2.75) is 53.3 Å². The van der Waals surface area contributed by atoms with Crippen molar-refractivity contribution in [2.75, 3.05) is 0 Å². The Hall–Kier alpha value is -2.71. The first-order chi connectivity index (χ1) is 13.3. The lowest BCUT2D eigenvalue weighted by atomic mass is 9.82. The van der Waals surface area contributed by atoms with Crippen LogP contribution in [0.15, 0.2) is 23.0 Å². The molecule has 0 spiro atoms. The minimum atomic E-state index is -4.78. The molecule has 9 heteroatoms. The summed E-state index contributed by atoms with van der Waals surface area (Å²) in [6, 6.07) is 2.23. The zero-order valence-corrected chi connectivity index (χ0v) is 16.8. The van der Waals surface area contributed by atoms with E-state index < -0.39 is 29.0 Å². The highest BCUT2D eigenvalue weighted by molar-refractivity contribution is 5.77. The van der Waals surface area contributed by atoms with E-state index in [-0.39, 0.29) is 5.56 Å². The van der Waals surface area contributed by atoms with Gasteiger partial charge in [0.05, 0.1) is 17.3 Å². The van der Waals surface area contributed by atoms with Gasteiger partial charge in [0.1, 0.15) is 17.0 Å². The van der Waals surface area contributed by atoms with E-state index in [9.17, 15) is 22.4 Å². The van der Waals surface area contributed by atoms with Crippen molar-refractivity contribution in [2.24, 2.45) is 5.41 Å². The van der Waals surface area contributed by atoms with Crippen LogP contribution in [0.4, 0.5) is 17.6 Å². The maximum Gasteiger partial charge on any atom is 0.419 e. The van der Waals surface area contributed by atoms with Crippen LogP contribution in [0, 0.1) is 18.2 Å². The number of fused-ring (bicyclic) bond motifs is 1. The number of hydrogen-bond donors (Lipinski definition) is 1. The van der Waals surface area contributed by atoms with Crippen molar-refractivity contribution in [3.63, 3.8) is 0 Å². The Morgan fingerprint density at radius 2 is 1.86 bits per heavy atom. The number of hydrogen-bond acceptors (Lipinski definition) is 3. The molecule has 2 heterocycles. The molecule has 5 nitrogen and oxygen atoms in total. The average molecular weight is 410 g/mol. The first kappa shape index (κ1) is 21.0. The van der Waals surface area contributed by atoms with Gasteiger partial charge in [-0.1, -0.05) is 33.8 Å². The van der Waals surface area contributed by atoms with Crippen molar-refractivity contribution >= 4 is 11.0 Å². The standard InChI is InChI=1S/C20H22F4N4O/c1-6-14-15-17(25-10(2)26-18(15)29)28(27-14)16(19(3,4)5)11-7-8-12(13(21)9-11)20(22,23)24/h7-9,16H,6H2,1-5H3,(H,25,26,29). The predicted octanol–water partition coefficient (Wildman–Crippen LogP) is 4.78. The third-order valence-corrected chi connectivity index (χ3v) is 4.77. The predicted molar refractivity (Wildman–Crippen MR) is 101 cm³/mol. The van der Waals surface area contributed by atoms with Gasteiger partial charge in [-0.2, -0.15) is 18.3 Å². The van der Waals surface area contributed by atoms with Crippen molar-refractivity contribution in [3.05, 3.63) is 57.0 Å². The smallest absolute Gasteiger partial charge is 0.310 e. The number of rotatable bonds is 3. The number of nitrogens with one attached hydrogen (secondary N) is 1. The Bertz CT molecular complexity index is 1120. The van der Waals surface area contributed by atoms with Crippen LogP contribution in [0.5, 0.6) is 0 Å². The lowest BCUT2D eigenvalue weighted by molar-refractivity contribution is -0.140. The Balaban J connectivity index is 2.30. The number of aromatic nitrogens is 4. The average Bonchev–Trinajstić information content (AvgIpc) is 2.91. The molecule has 1 atom stereocenters. The highest BCUT2D eigenvalue weighted by atomic mass is 19.4. The van der Waals surface area contributed by atoms with Gasteiger partial charge in [-0.3, -0.25) is 4.79 Å². The molecular formula is C20H22F4N4O. The van der Waals surface area contributed by atoms with E-state index in [0.717, 1.165) is 12.1 Å². The molecule has 3 rings (SSSR count). The fraction of sp³-hybridized carbons (Fsp3) is 0.450. The quantitative estimate of drug-likeness (QED) is 0.632. The summed E-state index contributed by atoms with van der Waals surface area (Å²) >= 11 is 0. The van der Waals surface area contributed by atoms with Crippen LogP contribution in [0.1, 0.15) is 56.4 Å². The number of aryl methyl sites for hydroxylation is 2.